The molecule has 11 nitrogen and oxygen atoms in total. The number of nitrogens with two attached hydrogens (primary N) is 1. The molecule has 34 heavy (non-hydrogen) atoms. The highest BCUT2D eigenvalue weighted by Crippen LogP contribution is 2.16. The van der Waals surface area contributed by atoms with Gasteiger partial charge in [0.2, 0.25) is 5.95 Å². The lowest BCUT2D eigenvalue weighted by atomic mass is 10.1. The molecule has 5 N–H and O–H groups in total. The van der Waals surface area contributed by atoms with Crippen LogP contribution in [0.5, 0.6) is 0 Å². The highest BCUT2D eigenvalue weighted by molar-refractivity contribution is 5.90. The zero-order valence-electron chi connectivity index (χ0n) is 19.3. The molecule has 3 atom stereocenters. The number of benzene rings is 1. The van der Waals surface area contributed by atoms with Gasteiger partial charge in [0.1, 0.15) is 0 Å². The molecule has 0 radical (unpaired) electrons. The van der Waals surface area contributed by atoms with Crippen molar-refractivity contribution in [1.82, 2.24) is 30.0 Å². The Hall–Kier alpha value is -3.83. The number of carbonyl (C=O) groups excluding carboxylic acids is 2. The maximum atomic E-state index is 12.6. The van der Waals surface area contributed by atoms with Crippen molar-refractivity contribution in [2.75, 3.05) is 12.8 Å². The van der Waals surface area contributed by atoms with Crippen molar-refractivity contribution in [2.24, 2.45) is 0 Å². The number of aliphatic hydroxyl groups excluding tert-OH is 2. The van der Waals surface area contributed by atoms with Crippen LogP contribution in [-0.4, -0.2) is 65.9 Å². The van der Waals surface area contributed by atoms with E-state index in [2.05, 4.69) is 20.4 Å². The Morgan fingerprint density at radius 2 is 1.91 bits per heavy atom. The second-order valence-corrected chi connectivity index (χ2v) is 7.91. The number of aryl methyl sites for hydroxylation is 1. The van der Waals surface area contributed by atoms with Crippen LogP contribution in [0, 0.1) is 0 Å². The third kappa shape index (κ3) is 5.74. The lowest BCUT2D eigenvalue weighted by Gasteiger charge is -2.25. The number of hydrogen-bond donors (Lipinski definition) is 4. The zero-order valence-corrected chi connectivity index (χ0v) is 19.3. The van der Waals surface area contributed by atoms with Gasteiger partial charge in [0.05, 0.1) is 17.4 Å². The fourth-order valence-corrected chi connectivity index (χ4v) is 3.45. The van der Waals surface area contributed by atoms with Gasteiger partial charge in [-0.15, -0.1) is 0 Å². The van der Waals surface area contributed by atoms with E-state index in [0.717, 1.165) is 11.3 Å². The largest absolute Gasteiger partial charge is 0.380 e. The number of nitrogens with zero attached hydrogens (tertiary/aromatic N) is 5. The molecule has 11 heteroatoms. The van der Waals surface area contributed by atoms with Gasteiger partial charge in [-0.25, -0.2) is 14.6 Å². The van der Waals surface area contributed by atoms with E-state index < -0.39 is 30.1 Å². The Kier molecular flexibility index (Phi) is 7.92. The van der Waals surface area contributed by atoms with E-state index in [9.17, 15) is 19.8 Å². The van der Waals surface area contributed by atoms with Gasteiger partial charge in [-0.1, -0.05) is 19.1 Å². The minimum atomic E-state index is -1.94. The molecule has 0 saturated carbocycles. The first-order chi connectivity index (χ1) is 16.2. The third-order valence-corrected chi connectivity index (χ3v) is 5.43. The molecule has 2 heterocycles. The van der Waals surface area contributed by atoms with E-state index in [1.165, 1.54) is 18.1 Å². The lowest BCUT2D eigenvalue weighted by molar-refractivity contribution is -0.152. The predicted octanol–water partition coefficient (Wildman–Crippen LogP) is 0.365. The monoisotopic (exact) mass is 467 g/mol. The fraction of sp³-hybridized carbons (Fsp3) is 0.348. The first kappa shape index (κ1) is 24.8. The van der Waals surface area contributed by atoms with Gasteiger partial charge in [-0.2, -0.15) is 5.10 Å². The summed E-state index contributed by atoms with van der Waals surface area (Å²) in [6, 6.07) is 8.69. The quantitative estimate of drug-likeness (QED) is 0.351. The first-order valence-electron chi connectivity index (χ1n) is 10.8. The molecule has 0 aliphatic rings. The molecule has 180 valence electrons. The molecular weight excluding hydrogens is 438 g/mol. The average molecular weight is 468 g/mol. The summed E-state index contributed by atoms with van der Waals surface area (Å²) < 4.78 is 1.70. The van der Waals surface area contributed by atoms with E-state index in [1.807, 2.05) is 43.5 Å². The Morgan fingerprint density at radius 3 is 2.53 bits per heavy atom. The van der Waals surface area contributed by atoms with Crippen LogP contribution in [0.25, 0.3) is 5.69 Å². The summed E-state index contributed by atoms with van der Waals surface area (Å²) in [5.41, 5.74) is 8.57. The summed E-state index contributed by atoms with van der Waals surface area (Å²) in [7, 11) is 1.45. The molecule has 2 aromatic heterocycles. The predicted molar refractivity (Wildman–Crippen MR) is 124 cm³/mol. The number of nitrogens with one attached hydrogen (secondary N) is 1. The van der Waals surface area contributed by atoms with E-state index in [1.54, 1.807) is 17.8 Å². The van der Waals surface area contributed by atoms with Crippen molar-refractivity contribution in [3.63, 3.8) is 0 Å². The van der Waals surface area contributed by atoms with E-state index in [4.69, 9.17) is 5.73 Å². The third-order valence-electron chi connectivity index (χ3n) is 5.43. The second kappa shape index (κ2) is 10.9. The normalized spacial score (nSPS) is 13.7. The Labute approximate surface area is 197 Å². The SMILES string of the molecule is CCc1nc(N)ncc1CN(C)C(=O)[C@H](O)[C@@H](O)C(=O)N[C@H](C)c1ccc(-n2cccn2)cc1. The second-order valence-electron chi connectivity index (χ2n) is 7.91. The highest BCUT2D eigenvalue weighted by atomic mass is 16.3. The number of carbonyl (C=O) groups is 2. The minimum absolute atomic E-state index is 0.0900. The summed E-state index contributed by atoms with van der Waals surface area (Å²) >= 11 is 0. The standard InChI is InChI=1S/C23H29N7O4/c1-4-18-16(12-25-23(24)28-18)13-29(3)22(34)20(32)19(31)21(33)27-14(2)15-6-8-17(9-7-15)30-11-5-10-26-30/h5-12,14,19-20,31-32H,4,13H2,1-3H3,(H,27,33)(H2,24,25,28)/t14-,19-,20-/m1/s1. The van der Waals surface area contributed by atoms with Gasteiger partial charge in [0, 0.05) is 37.7 Å². The summed E-state index contributed by atoms with van der Waals surface area (Å²) in [6.45, 7) is 3.72. The van der Waals surface area contributed by atoms with Crippen LogP contribution in [0.4, 0.5) is 5.95 Å². The number of nitrogen functional groups attached to an aromatic ring is 1. The van der Waals surface area contributed by atoms with Gasteiger partial charge in [0.15, 0.2) is 12.2 Å². The van der Waals surface area contributed by atoms with Crippen LogP contribution in [0.1, 0.15) is 36.7 Å². The van der Waals surface area contributed by atoms with Gasteiger partial charge < -0.3 is 26.2 Å². The maximum Gasteiger partial charge on any atom is 0.254 e. The van der Waals surface area contributed by atoms with Crippen molar-refractivity contribution in [1.29, 1.82) is 0 Å². The molecule has 0 fully saturated rings. The van der Waals surface area contributed by atoms with Gasteiger partial charge in [-0.05, 0) is 37.1 Å². The molecule has 0 bridgehead atoms. The lowest BCUT2D eigenvalue weighted by Crippen LogP contribution is -2.50. The minimum Gasteiger partial charge on any atom is -0.380 e. The number of likely N-dealkylation sites (N-methyl/N-ethyl adjacent to an activating group) is 1. The Balaban J connectivity index is 1.59. The van der Waals surface area contributed by atoms with Crippen LogP contribution in [0.2, 0.25) is 0 Å². The Morgan fingerprint density at radius 1 is 1.21 bits per heavy atom. The van der Waals surface area contributed by atoms with Crippen molar-refractivity contribution < 1.29 is 19.8 Å². The van der Waals surface area contributed by atoms with Crippen molar-refractivity contribution in [3.05, 3.63) is 65.7 Å². The molecule has 2 amide bonds. The summed E-state index contributed by atoms with van der Waals surface area (Å²) in [6.07, 6.45) is 1.72. The average Bonchev–Trinajstić information content (AvgIpc) is 3.38. The van der Waals surface area contributed by atoms with E-state index in [0.29, 0.717) is 17.7 Å². The molecule has 0 aliphatic carbocycles. The van der Waals surface area contributed by atoms with Crippen LogP contribution >= 0.6 is 0 Å². The topological polar surface area (TPSA) is 159 Å². The fourth-order valence-electron chi connectivity index (χ4n) is 3.45. The summed E-state index contributed by atoms with van der Waals surface area (Å²) in [5.74, 6) is -1.53. The number of rotatable bonds is 9. The molecule has 3 rings (SSSR count). The molecule has 0 saturated heterocycles. The van der Waals surface area contributed by atoms with E-state index in [-0.39, 0.29) is 12.5 Å². The highest BCUT2D eigenvalue weighted by Gasteiger charge is 2.33. The van der Waals surface area contributed by atoms with E-state index >= 15 is 0 Å². The number of hydrogen-bond acceptors (Lipinski definition) is 8. The zero-order chi connectivity index (χ0) is 24.8. The van der Waals surface area contributed by atoms with Gasteiger partial charge in [-0.3, -0.25) is 9.59 Å². The molecule has 3 aromatic rings. The number of amides is 2. The van der Waals surface area contributed by atoms with Crippen LogP contribution in [-0.2, 0) is 22.6 Å². The van der Waals surface area contributed by atoms with Gasteiger partial charge >= 0.3 is 0 Å². The van der Waals surface area contributed by atoms with Crippen molar-refractivity contribution in [2.45, 2.75) is 45.1 Å². The maximum absolute atomic E-state index is 12.6. The number of aliphatic hydroxyl groups is 2. The summed E-state index contributed by atoms with van der Waals surface area (Å²) in [4.78, 5) is 34.4. The molecule has 0 spiro atoms. The molecule has 1 aromatic carbocycles. The molecule has 0 aliphatic heterocycles. The molecule has 0 unspecified atom stereocenters. The summed E-state index contributed by atoms with van der Waals surface area (Å²) in [5, 5.41) is 27.4. The Bertz CT molecular complexity index is 1120. The van der Waals surface area contributed by atoms with Crippen molar-refractivity contribution in [3.8, 4) is 5.69 Å². The van der Waals surface area contributed by atoms with Crippen molar-refractivity contribution >= 4 is 17.8 Å². The first-order valence-corrected chi connectivity index (χ1v) is 10.8. The number of anilines is 1. The van der Waals surface area contributed by atoms with Crippen LogP contribution in [0.15, 0.2) is 48.9 Å². The van der Waals surface area contributed by atoms with Crippen LogP contribution < -0.4 is 11.1 Å². The number of aromatic nitrogens is 4. The van der Waals surface area contributed by atoms with Crippen LogP contribution in [0.3, 0.4) is 0 Å². The molecular formula is C23H29N7O4. The van der Waals surface area contributed by atoms with Gasteiger partial charge in [0.25, 0.3) is 11.8 Å². The smallest absolute Gasteiger partial charge is 0.254 e.